The predicted molar refractivity (Wildman–Crippen MR) is 65.3 cm³/mol. The highest BCUT2D eigenvalue weighted by Gasteiger charge is 2.05. The molecule has 0 bridgehead atoms. The van der Waals surface area contributed by atoms with E-state index in [-0.39, 0.29) is 6.10 Å². The minimum atomic E-state index is -0.262. The quantitative estimate of drug-likeness (QED) is 0.798. The largest absolute Gasteiger partial charge is 0.393 e. The number of nitriles is 1. The Kier molecular flexibility index (Phi) is 4.81. The molecule has 86 valence electrons. The Hall–Kier alpha value is -1.53. The summed E-state index contributed by atoms with van der Waals surface area (Å²) in [7, 11) is 0. The first-order valence-electron chi connectivity index (χ1n) is 5.60. The van der Waals surface area contributed by atoms with Crippen molar-refractivity contribution >= 4 is 5.69 Å². The number of hydrogen-bond acceptors (Lipinski definition) is 3. The molecule has 0 saturated carbocycles. The zero-order valence-corrected chi connectivity index (χ0v) is 9.83. The molecule has 1 unspecified atom stereocenters. The molecular weight excluding hydrogens is 200 g/mol. The van der Waals surface area contributed by atoms with E-state index in [1.165, 1.54) is 0 Å². The average molecular weight is 218 g/mol. The molecule has 0 aliphatic rings. The van der Waals surface area contributed by atoms with Crippen LogP contribution in [-0.4, -0.2) is 17.8 Å². The van der Waals surface area contributed by atoms with Gasteiger partial charge in [-0.2, -0.15) is 5.26 Å². The van der Waals surface area contributed by atoms with Crippen LogP contribution in [0.3, 0.4) is 0 Å². The van der Waals surface area contributed by atoms with Gasteiger partial charge in [0.05, 0.1) is 17.4 Å². The summed E-state index contributed by atoms with van der Waals surface area (Å²) in [6.07, 6.45) is 1.21. The van der Waals surface area contributed by atoms with E-state index < -0.39 is 0 Å². The number of aliphatic hydroxyl groups excluding tert-OH is 1. The van der Waals surface area contributed by atoms with E-state index in [1.807, 2.05) is 26.0 Å². The van der Waals surface area contributed by atoms with Gasteiger partial charge in [-0.3, -0.25) is 0 Å². The van der Waals surface area contributed by atoms with Gasteiger partial charge in [-0.15, -0.1) is 0 Å². The van der Waals surface area contributed by atoms with Crippen LogP contribution in [0.2, 0.25) is 0 Å². The Morgan fingerprint density at radius 1 is 1.50 bits per heavy atom. The van der Waals surface area contributed by atoms with Gasteiger partial charge in [0.25, 0.3) is 0 Å². The molecule has 1 atom stereocenters. The van der Waals surface area contributed by atoms with Gasteiger partial charge in [-0.25, -0.2) is 0 Å². The van der Waals surface area contributed by atoms with Crippen molar-refractivity contribution in [3.63, 3.8) is 0 Å². The molecule has 3 nitrogen and oxygen atoms in total. The highest BCUT2D eigenvalue weighted by Crippen LogP contribution is 2.19. The highest BCUT2D eigenvalue weighted by molar-refractivity contribution is 5.62. The SMILES string of the molecule is CCC(O)CCNc1c(C)cccc1C#N. The standard InChI is InChI=1S/C13H18N2O/c1-3-12(16)7-8-15-13-10(2)5-4-6-11(13)9-14/h4-6,12,15-16H,3,7-8H2,1-2H3. The summed E-state index contributed by atoms with van der Waals surface area (Å²) >= 11 is 0. The summed E-state index contributed by atoms with van der Waals surface area (Å²) in [6, 6.07) is 7.81. The molecule has 0 fully saturated rings. The Morgan fingerprint density at radius 2 is 2.25 bits per heavy atom. The van der Waals surface area contributed by atoms with Gasteiger partial charge in [0.2, 0.25) is 0 Å². The Balaban J connectivity index is 2.63. The fourth-order valence-electron chi connectivity index (χ4n) is 1.56. The van der Waals surface area contributed by atoms with E-state index in [2.05, 4.69) is 11.4 Å². The molecule has 0 spiro atoms. The van der Waals surface area contributed by atoms with Crippen molar-refractivity contribution in [1.29, 1.82) is 5.26 Å². The molecular formula is C13H18N2O. The molecule has 1 aromatic rings. The second-order valence-corrected chi connectivity index (χ2v) is 3.89. The fourth-order valence-corrected chi connectivity index (χ4v) is 1.56. The smallest absolute Gasteiger partial charge is 0.101 e. The molecule has 0 aliphatic heterocycles. The molecule has 0 aromatic heterocycles. The summed E-state index contributed by atoms with van der Waals surface area (Å²) in [5.41, 5.74) is 2.60. The second kappa shape index (κ2) is 6.14. The lowest BCUT2D eigenvalue weighted by atomic mass is 10.1. The van der Waals surface area contributed by atoms with E-state index in [4.69, 9.17) is 5.26 Å². The number of nitrogens with one attached hydrogen (secondary N) is 1. The van der Waals surface area contributed by atoms with Crippen molar-refractivity contribution in [3.05, 3.63) is 29.3 Å². The van der Waals surface area contributed by atoms with Crippen LogP contribution < -0.4 is 5.32 Å². The average Bonchev–Trinajstić information content (AvgIpc) is 2.30. The van der Waals surface area contributed by atoms with E-state index in [0.29, 0.717) is 18.5 Å². The number of para-hydroxylation sites is 1. The van der Waals surface area contributed by atoms with Crippen LogP contribution in [0.1, 0.15) is 30.9 Å². The van der Waals surface area contributed by atoms with Gasteiger partial charge in [0.1, 0.15) is 6.07 Å². The first kappa shape index (κ1) is 12.5. The zero-order valence-electron chi connectivity index (χ0n) is 9.83. The van der Waals surface area contributed by atoms with Crippen molar-refractivity contribution in [2.24, 2.45) is 0 Å². The summed E-state index contributed by atoms with van der Waals surface area (Å²) in [5, 5.41) is 21.6. The third-order valence-corrected chi connectivity index (χ3v) is 2.64. The number of nitrogens with zero attached hydrogens (tertiary/aromatic N) is 1. The summed E-state index contributed by atoms with van der Waals surface area (Å²) in [5.74, 6) is 0. The summed E-state index contributed by atoms with van der Waals surface area (Å²) in [4.78, 5) is 0. The third kappa shape index (κ3) is 3.25. The van der Waals surface area contributed by atoms with Gasteiger partial charge in [0, 0.05) is 6.54 Å². The number of anilines is 1. The number of aliphatic hydroxyl groups is 1. The number of benzene rings is 1. The van der Waals surface area contributed by atoms with Crippen LogP contribution in [0.25, 0.3) is 0 Å². The monoisotopic (exact) mass is 218 g/mol. The number of rotatable bonds is 5. The van der Waals surface area contributed by atoms with Crippen molar-refractivity contribution in [2.45, 2.75) is 32.8 Å². The van der Waals surface area contributed by atoms with Crippen molar-refractivity contribution in [1.82, 2.24) is 0 Å². The van der Waals surface area contributed by atoms with Crippen LogP contribution in [-0.2, 0) is 0 Å². The molecule has 3 heteroatoms. The maximum atomic E-state index is 9.43. The van der Waals surface area contributed by atoms with Crippen LogP contribution in [0.4, 0.5) is 5.69 Å². The van der Waals surface area contributed by atoms with Gasteiger partial charge >= 0.3 is 0 Å². The Labute approximate surface area is 96.7 Å². The molecule has 16 heavy (non-hydrogen) atoms. The molecule has 0 aliphatic carbocycles. The Bertz CT molecular complexity index is 382. The topological polar surface area (TPSA) is 56.0 Å². The molecule has 0 amide bonds. The van der Waals surface area contributed by atoms with E-state index in [9.17, 15) is 5.11 Å². The predicted octanol–water partition coefficient (Wildman–Crippen LogP) is 2.44. The summed E-state index contributed by atoms with van der Waals surface area (Å²) < 4.78 is 0. The lowest BCUT2D eigenvalue weighted by Crippen LogP contribution is -2.13. The Morgan fingerprint density at radius 3 is 2.88 bits per heavy atom. The minimum absolute atomic E-state index is 0.262. The van der Waals surface area contributed by atoms with Crippen molar-refractivity contribution in [3.8, 4) is 6.07 Å². The van der Waals surface area contributed by atoms with Crippen LogP contribution >= 0.6 is 0 Å². The minimum Gasteiger partial charge on any atom is -0.393 e. The number of hydrogen-bond donors (Lipinski definition) is 2. The molecule has 0 radical (unpaired) electrons. The third-order valence-electron chi connectivity index (χ3n) is 2.64. The normalized spacial score (nSPS) is 11.9. The van der Waals surface area contributed by atoms with E-state index in [1.54, 1.807) is 6.07 Å². The van der Waals surface area contributed by atoms with E-state index in [0.717, 1.165) is 17.7 Å². The van der Waals surface area contributed by atoms with Crippen LogP contribution in [0.15, 0.2) is 18.2 Å². The summed E-state index contributed by atoms with van der Waals surface area (Å²) in [6.45, 7) is 4.62. The second-order valence-electron chi connectivity index (χ2n) is 3.89. The number of aryl methyl sites for hydroxylation is 1. The lowest BCUT2D eigenvalue weighted by Gasteiger charge is -2.13. The fraction of sp³-hybridized carbons (Fsp3) is 0.462. The maximum Gasteiger partial charge on any atom is 0.101 e. The van der Waals surface area contributed by atoms with Gasteiger partial charge < -0.3 is 10.4 Å². The first-order chi connectivity index (χ1) is 7.69. The lowest BCUT2D eigenvalue weighted by molar-refractivity contribution is 0.164. The molecule has 0 saturated heterocycles. The molecule has 1 aromatic carbocycles. The van der Waals surface area contributed by atoms with Crippen molar-refractivity contribution < 1.29 is 5.11 Å². The van der Waals surface area contributed by atoms with Crippen LogP contribution in [0.5, 0.6) is 0 Å². The van der Waals surface area contributed by atoms with E-state index >= 15 is 0 Å². The molecule has 0 heterocycles. The van der Waals surface area contributed by atoms with Gasteiger partial charge in [0.15, 0.2) is 0 Å². The maximum absolute atomic E-state index is 9.43. The highest BCUT2D eigenvalue weighted by atomic mass is 16.3. The van der Waals surface area contributed by atoms with Gasteiger partial charge in [-0.1, -0.05) is 19.1 Å². The molecule has 1 rings (SSSR count). The zero-order chi connectivity index (χ0) is 12.0. The molecule has 2 N–H and O–H groups in total. The van der Waals surface area contributed by atoms with Gasteiger partial charge in [-0.05, 0) is 31.4 Å². The van der Waals surface area contributed by atoms with Crippen LogP contribution in [0, 0.1) is 18.3 Å². The first-order valence-corrected chi connectivity index (χ1v) is 5.60. The van der Waals surface area contributed by atoms with Crippen molar-refractivity contribution in [2.75, 3.05) is 11.9 Å².